The molecule has 0 saturated carbocycles. The van der Waals surface area contributed by atoms with Gasteiger partial charge in [-0.1, -0.05) is 17.3 Å². The fourth-order valence-corrected chi connectivity index (χ4v) is 5.68. The van der Waals surface area contributed by atoms with Crippen molar-refractivity contribution in [2.24, 2.45) is 5.92 Å². The summed E-state index contributed by atoms with van der Waals surface area (Å²) < 4.78 is 25.1. The van der Waals surface area contributed by atoms with Crippen LogP contribution in [0.1, 0.15) is 28.0 Å². The molecule has 3 atom stereocenters. The average Bonchev–Trinajstić information content (AvgIpc) is 3.63. The second-order valence-corrected chi connectivity index (χ2v) is 9.73. The van der Waals surface area contributed by atoms with E-state index in [4.69, 9.17) is 18.9 Å². The van der Waals surface area contributed by atoms with Crippen molar-refractivity contribution in [3.8, 4) is 23.0 Å². The molecule has 37 heavy (non-hydrogen) atoms. The van der Waals surface area contributed by atoms with Crippen LogP contribution >= 0.6 is 0 Å². The number of hydrogen-bond acceptors (Lipinski definition) is 8. The molecule has 10 nitrogen and oxygen atoms in total. The largest absolute Gasteiger partial charge is 0.493 e. The molecular weight excluding hydrogens is 474 g/mol. The average molecular weight is 506 g/mol. The van der Waals surface area contributed by atoms with Crippen LogP contribution in [0.4, 0.5) is 0 Å². The Bertz CT molecular complexity index is 1290. The minimum atomic E-state index is 0.0363. The van der Waals surface area contributed by atoms with E-state index in [0.717, 1.165) is 37.3 Å². The van der Waals surface area contributed by atoms with E-state index >= 15 is 0 Å². The van der Waals surface area contributed by atoms with Gasteiger partial charge in [0.2, 0.25) is 0 Å². The highest BCUT2D eigenvalue weighted by Gasteiger charge is 2.43. The fraction of sp³-hybridized carbons (Fsp3) is 0.444. The topological polar surface area (TPSA) is 91.2 Å². The van der Waals surface area contributed by atoms with Gasteiger partial charge in [0, 0.05) is 43.3 Å². The van der Waals surface area contributed by atoms with Crippen molar-refractivity contribution in [1.82, 2.24) is 24.8 Å². The van der Waals surface area contributed by atoms with Gasteiger partial charge >= 0.3 is 0 Å². The summed E-state index contributed by atoms with van der Waals surface area (Å²) >= 11 is 0. The van der Waals surface area contributed by atoms with Gasteiger partial charge in [0.05, 0.1) is 27.0 Å². The smallest absolute Gasteiger partial charge is 0.254 e. The first-order valence-electron chi connectivity index (χ1n) is 12.6. The highest BCUT2D eigenvalue weighted by atomic mass is 16.5. The molecule has 1 aromatic heterocycles. The highest BCUT2D eigenvalue weighted by Crippen LogP contribution is 2.37. The van der Waals surface area contributed by atoms with Gasteiger partial charge in [0.25, 0.3) is 5.91 Å². The molecule has 2 fully saturated rings. The predicted octanol–water partition coefficient (Wildman–Crippen LogP) is 2.61. The molecule has 2 saturated heterocycles. The SMILES string of the molecule is COc1cc2ccc1OCCn1cc(nn1)COc1c(cccc1OC)CN1C[C@@H]3CCN(C2=O)[C@@H]3C1. The number of rotatable bonds is 2. The van der Waals surface area contributed by atoms with Crippen molar-refractivity contribution < 1.29 is 23.7 Å². The first kappa shape index (κ1) is 23.6. The monoisotopic (exact) mass is 505 g/mol. The number of amides is 1. The molecule has 10 heteroatoms. The zero-order valence-corrected chi connectivity index (χ0v) is 21.1. The van der Waals surface area contributed by atoms with Crippen LogP contribution < -0.4 is 18.9 Å². The lowest BCUT2D eigenvalue weighted by Crippen LogP contribution is -2.39. The van der Waals surface area contributed by atoms with Crippen LogP contribution in [0.3, 0.4) is 0 Å². The molecule has 0 aliphatic carbocycles. The van der Waals surface area contributed by atoms with Crippen LogP contribution in [-0.2, 0) is 19.7 Å². The van der Waals surface area contributed by atoms with E-state index in [-0.39, 0.29) is 18.6 Å². The van der Waals surface area contributed by atoms with Crippen LogP contribution in [0, 0.1) is 5.92 Å². The number of benzene rings is 2. The maximum Gasteiger partial charge on any atom is 0.254 e. The minimum Gasteiger partial charge on any atom is -0.493 e. The van der Waals surface area contributed by atoms with Crippen LogP contribution in [0.5, 0.6) is 23.0 Å². The quantitative estimate of drug-likeness (QED) is 0.525. The van der Waals surface area contributed by atoms with Crippen molar-refractivity contribution in [3.05, 3.63) is 59.4 Å². The fourth-order valence-electron chi connectivity index (χ4n) is 5.68. The van der Waals surface area contributed by atoms with Gasteiger partial charge in [0.15, 0.2) is 23.0 Å². The van der Waals surface area contributed by atoms with Crippen molar-refractivity contribution in [1.29, 1.82) is 0 Å². The Morgan fingerprint density at radius 1 is 1.03 bits per heavy atom. The summed E-state index contributed by atoms with van der Waals surface area (Å²) in [6.45, 7) is 4.40. The molecule has 1 unspecified atom stereocenters. The van der Waals surface area contributed by atoms with Gasteiger partial charge < -0.3 is 23.8 Å². The Morgan fingerprint density at radius 2 is 1.92 bits per heavy atom. The molecule has 7 rings (SSSR count). The van der Waals surface area contributed by atoms with E-state index in [9.17, 15) is 4.79 Å². The molecular formula is C27H31N5O5. The molecule has 4 aliphatic heterocycles. The molecule has 1 amide bonds. The number of methoxy groups -OCH3 is 2. The van der Waals surface area contributed by atoms with E-state index in [0.29, 0.717) is 54.2 Å². The van der Waals surface area contributed by atoms with E-state index in [1.165, 1.54) is 0 Å². The number of carbonyl (C=O) groups is 1. The molecule has 3 aromatic rings. The summed E-state index contributed by atoms with van der Waals surface area (Å²) in [6, 6.07) is 11.6. The first-order chi connectivity index (χ1) is 18.1. The Hall–Kier alpha value is -3.79. The summed E-state index contributed by atoms with van der Waals surface area (Å²) in [6.07, 6.45) is 2.86. The normalized spacial score (nSPS) is 23.2. The Kier molecular flexibility index (Phi) is 6.33. The van der Waals surface area contributed by atoms with Crippen molar-refractivity contribution in [2.75, 3.05) is 40.5 Å². The van der Waals surface area contributed by atoms with Gasteiger partial charge in [0.1, 0.15) is 18.9 Å². The molecule has 0 radical (unpaired) electrons. The number of fused-ring (bicyclic) bond motifs is 5. The first-order valence-corrected chi connectivity index (χ1v) is 12.6. The number of carbonyl (C=O) groups excluding carboxylic acids is 1. The van der Waals surface area contributed by atoms with Gasteiger partial charge in [-0.15, -0.1) is 5.10 Å². The number of ether oxygens (including phenoxy) is 4. The lowest BCUT2D eigenvalue weighted by molar-refractivity contribution is 0.0725. The molecule has 194 valence electrons. The second kappa shape index (κ2) is 9.93. The lowest BCUT2D eigenvalue weighted by atomic mass is 10.0. The second-order valence-electron chi connectivity index (χ2n) is 9.73. The number of nitrogens with zero attached hydrogens (tertiary/aromatic N) is 5. The van der Waals surface area contributed by atoms with Crippen LogP contribution in [0.25, 0.3) is 0 Å². The summed E-state index contributed by atoms with van der Waals surface area (Å²) in [5.74, 6) is 3.03. The van der Waals surface area contributed by atoms with Gasteiger partial charge in [-0.25, -0.2) is 4.68 Å². The molecule has 5 heterocycles. The van der Waals surface area contributed by atoms with Crippen LogP contribution in [-0.4, -0.2) is 77.2 Å². The van der Waals surface area contributed by atoms with Crippen LogP contribution in [0.2, 0.25) is 0 Å². The summed E-state index contributed by atoms with van der Waals surface area (Å²) in [5.41, 5.74) is 2.38. The minimum absolute atomic E-state index is 0.0363. The van der Waals surface area contributed by atoms with Crippen LogP contribution in [0.15, 0.2) is 42.6 Å². The van der Waals surface area contributed by atoms with Crippen molar-refractivity contribution in [3.63, 3.8) is 0 Å². The maximum absolute atomic E-state index is 13.5. The van der Waals surface area contributed by atoms with Crippen molar-refractivity contribution in [2.45, 2.75) is 32.2 Å². The van der Waals surface area contributed by atoms with E-state index < -0.39 is 0 Å². The zero-order chi connectivity index (χ0) is 25.4. The predicted molar refractivity (Wildman–Crippen MR) is 134 cm³/mol. The zero-order valence-electron chi connectivity index (χ0n) is 21.1. The van der Waals surface area contributed by atoms with Crippen molar-refractivity contribution >= 4 is 5.91 Å². The maximum atomic E-state index is 13.5. The molecule has 0 spiro atoms. The van der Waals surface area contributed by atoms with E-state index in [1.54, 1.807) is 25.0 Å². The Labute approximate surface area is 215 Å². The van der Waals surface area contributed by atoms with Gasteiger partial charge in [-0.3, -0.25) is 9.69 Å². The molecule has 4 aliphatic rings. The summed E-state index contributed by atoms with van der Waals surface area (Å²) in [7, 11) is 3.24. The molecule has 6 bridgehead atoms. The molecule has 0 N–H and O–H groups in total. The van der Waals surface area contributed by atoms with E-state index in [1.807, 2.05) is 35.4 Å². The van der Waals surface area contributed by atoms with Gasteiger partial charge in [-0.2, -0.15) is 0 Å². The molecule has 2 aromatic carbocycles. The number of aromatic nitrogens is 3. The number of para-hydroxylation sites is 1. The summed E-state index contributed by atoms with van der Waals surface area (Å²) in [4.78, 5) is 18.0. The standard InChI is InChI=1S/C27H31N5O5/c1-34-24-5-3-4-20-14-30-13-19-8-9-32(22(19)16-30)27(33)18-6-7-23(25(12-18)35-2)36-11-10-31-15-21(28-29-31)17-37-26(20)24/h3-7,12,15,19,22H,8-11,13-14,16-17H2,1-2H3/t19-,22+/m0/s1. The lowest BCUT2D eigenvalue weighted by Gasteiger charge is -2.26. The third kappa shape index (κ3) is 4.57. The van der Waals surface area contributed by atoms with E-state index in [2.05, 4.69) is 21.3 Å². The number of hydrogen-bond donors (Lipinski definition) is 0. The third-order valence-corrected chi connectivity index (χ3v) is 7.50. The third-order valence-electron chi connectivity index (χ3n) is 7.50. The Balaban J connectivity index is 1.33. The Morgan fingerprint density at radius 3 is 2.78 bits per heavy atom. The highest BCUT2D eigenvalue weighted by molar-refractivity contribution is 5.95. The van der Waals surface area contributed by atoms with Gasteiger partial charge in [-0.05, 0) is 36.6 Å². The summed E-state index contributed by atoms with van der Waals surface area (Å²) in [5, 5.41) is 8.46.